The van der Waals surface area contributed by atoms with Gasteiger partial charge < -0.3 is 9.73 Å². The van der Waals surface area contributed by atoms with E-state index in [0.29, 0.717) is 16.5 Å². The predicted octanol–water partition coefficient (Wildman–Crippen LogP) is 6.61. The van der Waals surface area contributed by atoms with Crippen molar-refractivity contribution in [2.75, 3.05) is 5.32 Å². The van der Waals surface area contributed by atoms with Crippen LogP contribution in [0.4, 0.5) is 5.69 Å². The molecule has 146 valence electrons. The van der Waals surface area contributed by atoms with Crippen molar-refractivity contribution in [3.05, 3.63) is 81.5 Å². The fraction of sp³-hybridized carbons (Fsp3) is 0.130. The number of aryl methyl sites for hydroxylation is 2. The molecule has 1 heterocycles. The lowest BCUT2D eigenvalue weighted by Crippen LogP contribution is -2.13. The Morgan fingerprint density at radius 1 is 1.21 bits per heavy atom. The number of nitrogens with one attached hydrogen (secondary N) is 1. The van der Waals surface area contributed by atoms with Crippen molar-refractivity contribution in [1.82, 2.24) is 0 Å². The molecule has 0 radical (unpaired) electrons. The molecule has 0 saturated heterocycles. The second-order valence-corrected chi connectivity index (χ2v) is 8.27. The number of amides is 1. The number of carbonyl (C=O) groups is 1. The summed E-state index contributed by atoms with van der Waals surface area (Å²) < 4.78 is 6.59. The number of nitriles is 1. The predicted molar refractivity (Wildman–Crippen MR) is 120 cm³/mol. The van der Waals surface area contributed by atoms with Gasteiger partial charge in [0.15, 0.2) is 5.09 Å². The summed E-state index contributed by atoms with van der Waals surface area (Å²) in [4.78, 5) is 13.5. The summed E-state index contributed by atoms with van der Waals surface area (Å²) >= 11 is 4.94. The minimum absolute atomic E-state index is 0.0299. The molecule has 0 atom stereocenters. The van der Waals surface area contributed by atoms with Crippen molar-refractivity contribution in [1.29, 1.82) is 5.26 Å². The van der Waals surface area contributed by atoms with Crippen molar-refractivity contribution in [2.24, 2.45) is 0 Å². The van der Waals surface area contributed by atoms with Crippen LogP contribution in [0.25, 0.3) is 6.08 Å². The normalized spacial score (nSPS) is 11.2. The average Bonchev–Trinajstić information content (AvgIpc) is 3.07. The van der Waals surface area contributed by atoms with Crippen LogP contribution in [0.1, 0.15) is 23.8 Å². The van der Waals surface area contributed by atoms with Gasteiger partial charge in [-0.1, -0.05) is 48.5 Å². The highest BCUT2D eigenvalue weighted by atomic mass is 79.9. The Hall–Kier alpha value is -2.75. The van der Waals surface area contributed by atoms with Crippen LogP contribution in [-0.2, 0) is 11.2 Å². The monoisotopic (exact) mass is 466 g/mol. The molecular weight excluding hydrogens is 448 g/mol. The molecule has 0 saturated carbocycles. The quantitative estimate of drug-likeness (QED) is 0.327. The molecule has 0 spiro atoms. The first kappa shape index (κ1) is 21.0. The zero-order chi connectivity index (χ0) is 20.8. The van der Waals surface area contributed by atoms with Gasteiger partial charge >= 0.3 is 0 Å². The second-order valence-electron chi connectivity index (χ2n) is 6.37. The van der Waals surface area contributed by atoms with Gasteiger partial charge in [0.05, 0.1) is 4.47 Å². The zero-order valence-corrected chi connectivity index (χ0v) is 18.4. The minimum atomic E-state index is -0.475. The van der Waals surface area contributed by atoms with Crippen molar-refractivity contribution < 1.29 is 9.21 Å². The lowest BCUT2D eigenvalue weighted by molar-refractivity contribution is -0.112. The Morgan fingerprint density at radius 2 is 1.90 bits per heavy atom. The molecule has 2 aromatic carbocycles. The van der Waals surface area contributed by atoms with Crippen molar-refractivity contribution in [3.63, 3.8) is 0 Å². The largest absolute Gasteiger partial charge is 0.449 e. The number of nitrogens with zero attached hydrogens (tertiary/aromatic N) is 1. The zero-order valence-electron chi connectivity index (χ0n) is 16.0. The lowest BCUT2D eigenvalue weighted by Gasteiger charge is -2.05. The number of benzene rings is 2. The van der Waals surface area contributed by atoms with Crippen LogP contribution in [0.5, 0.6) is 0 Å². The third-order valence-electron chi connectivity index (χ3n) is 4.18. The summed E-state index contributed by atoms with van der Waals surface area (Å²) in [5.74, 6) is -0.0449. The van der Waals surface area contributed by atoms with Crippen molar-refractivity contribution in [3.8, 4) is 6.07 Å². The number of hydrogen-bond acceptors (Lipinski definition) is 4. The topological polar surface area (TPSA) is 66.0 Å². The Morgan fingerprint density at radius 3 is 2.52 bits per heavy atom. The molecule has 3 aromatic rings. The van der Waals surface area contributed by atoms with Gasteiger partial charge in [0.2, 0.25) is 0 Å². The van der Waals surface area contributed by atoms with E-state index in [1.165, 1.54) is 29.0 Å². The molecule has 0 aliphatic rings. The van der Waals surface area contributed by atoms with E-state index in [4.69, 9.17) is 4.42 Å². The van der Waals surface area contributed by atoms with Gasteiger partial charge in [0.1, 0.15) is 17.4 Å². The van der Waals surface area contributed by atoms with Gasteiger partial charge in [0, 0.05) is 16.7 Å². The van der Waals surface area contributed by atoms with Crippen LogP contribution in [0.15, 0.2) is 79.0 Å². The number of rotatable bonds is 6. The fourth-order valence-electron chi connectivity index (χ4n) is 2.54. The summed E-state index contributed by atoms with van der Waals surface area (Å²) in [5.41, 5.74) is 2.98. The molecule has 0 fully saturated rings. The van der Waals surface area contributed by atoms with E-state index in [1.807, 2.05) is 61.5 Å². The van der Waals surface area contributed by atoms with E-state index in [9.17, 15) is 10.1 Å². The highest BCUT2D eigenvalue weighted by Gasteiger charge is 2.14. The van der Waals surface area contributed by atoms with Gasteiger partial charge in [0.25, 0.3) is 5.91 Å². The molecule has 0 aliphatic heterocycles. The molecule has 0 bridgehead atoms. The lowest BCUT2D eigenvalue weighted by atomic mass is 10.1. The van der Waals surface area contributed by atoms with Gasteiger partial charge in [-0.15, -0.1) is 0 Å². The smallest absolute Gasteiger partial charge is 0.266 e. The van der Waals surface area contributed by atoms with E-state index in [1.54, 1.807) is 6.07 Å². The first-order valence-electron chi connectivity index (χ1n) is 9.04. The summed E-state index contributed by atoms with van der Waals surface area (Å²) in [6.45, 7) is 4.10. The Labute approximate surface area is 182 Å². The summed E-state index contributed by atoms with van der Waals surface area (Å²) in [7, 11) is 0. The van der Waals surface area contributed by atoms with Crippen LogP contribution in [0, 0.1) is 18.3 Å². The molecule has 29 heavy (non-hydrogen) atoms. The maximum atomic E-state index is 12.5. The molecule has 0 aliphatic carbocycles. The average molecular weight is 467 g/mol. The molecule has 3 rings (SSSR count). The summed E-state index contributed by atoms with van der Waals surface area (Å²) in [5, 5.41) is 12.8. The number of furan rings is 1. The van der Waals surface area contributed by atoms with E-state index in [2.05, 4.69) is 28.2 Å². The third-order valence-corrected chi connectivity index (χ3v) is 6.03. The molecule has 1 aromatic heterocycles. The van der Waals surface area contributed by atoms with Crippen molar-refractivity contribution in [2.45, 2.75) is 30.3 Å². The molecule has 6 heteroatoms. The Balaban J connectivity index is 1.75. The van der Waals surface area contributed by atoms with E-state index in [0.717, 1.165) is 15.8 Å². The first-order valence-corrected chi connectivity index (χ1v) is 10.7. The number of carbonyl (C=O) groups excluding carboxylic acids is 1. The molecule has 0 unspecified atom stereocenters. The van der Waals surface area contributed by atoms with Crippen LogP contribution in [-0.4, -0.2) is 5.91 Å². The maximum Gasteiger partial charge on any atom is 0.266 e. The summed E-state index contributed by atoms with van der Waals surface area (Å²) in [6, 6.07) is 19.3. The standard InChI is InChI=1S/C23H19BrN2O2S/c1-3-16-6-8-18(9-7-16)26-22(27)17(14-25)12-19-13-21(24)23(28-19)29-20-10-4-15(2)5-11-20/h4-13H,3H2,1-2H3,(H,26,27)/b17-12-. The highest BCUT2D eigenvalue weighted by molar-refractivity contribution is 9.10. The van der Waals surface area contributed by atoms with E-state index < -0.39 is 5.91 Å². The molecule has 1 amide bonds. The fourth-order valence-corrected chi connectivity index (χ4v) is 3.87. The number of halogens is 1. The number of anilines is 1. The Kier molecular flexibility index (Phi) is 6.97. The van der Waals surface area contributed by atoms with Crippen LogP contribution >= 0.6 is 27.7 Å². The van der Waals surface area contributed by atoms with Crippen molar-refractivity contribution >= 4 is 45.4 Å². The third kappa shape index (κ3) is 5.63. The first-order chi connectivity index (χ1) is 14.0. The van der Waals surface area contributed by atoms with Gasteiger partial charge in [-0.3, -0.25) is 4.79 Å². The van der Waals surface area contributed by atoms with E-state index in [-0.39, 0.29) is 5.57 Å². The highest BCUT2D eigenvalue weighted by Crippen LogP contribution is 2.36. The van der Waals surface area contributed by atoms with Gasteiger partial charge in [-0.2, -0.15) is 5.26 Å². The number of hydrogen-bond donors (Lipinski definition) is 1. The Bertz CT molecular complexity index is 1080. The molecule has 4 nitrogen and oxygen atoms in total. The van der Waals surface area contributed by atoms with E-state index >= 15 is 0 Å². The van der Waals surface area contributed by atoms with Crippen LogP contribution < -0.4 is 5.32 Å². The van der Waals surface area contributed by atoms with Gasteiger partial charge in [-0.25, -0.2) is 0 Å². The molecule has 1 N–H and O–H groups in total. The maximum absolute atomic E-state index is 12.5. The SMILES string of the molecule is CCc1ccc(NC(=O)/C(C#N)=C\c2cc(Br)c(Sc3ccc(C)cc3)o2)cc1. The molecular formula is C23H19BrN2O2S. The summed E-state index contributed by atoms with van der Waals surface area (Å²) in [6.07, 6.45) is 2.37. The van der Waals surface area contributed by atoms with Gasteiger partial charge in [-0.05, 0) is 65.2 Å². The minimum Gasteiger partial charge on any atom is -0.449 e. The van der Waals surface area contributed by atoms with Crippen LogP contribution in [0.2, 0.25) is 0 Å². The second kappa shape index (κ2) is 9.64. The van der Waals surface area contributed by atoms with Crippen LogP contribution in [0.3, 0.4) is 0 Å².